The van der Waals surface area contributed by atoms with Gasteiger partial charge in [0.2, 0.25) is 0 Å². The van der Waals surface area contributed by atoms with Crippen molar-refractivity contribution in [2.75, 3.05) is 0 Å². The lowest BCUT2D eigenvalue weighted by Crippen LogP contribution is -2.06. The minimum atomic E-state index is -1.20. The van der Waals surface area contributed by atoms with Crippen molar-refractivity contribution in [2.45, 2.75) is 20.0 Å². The number of hydrogen-bond donors (Lipinski definition) is 1. The summed E-state index contributed by atoms with van der Waals surface area (Å²) in [6, 6.07) is 8.25. The van der Waals surface area contributed by atoms with Gasteiger partial charge in [0.05, 0.1) is 0 Å². The van der Waals surface area contributed by atoms with Gasteiger partial charge in [0.25, 0.3) is 0 Å². The molecule has 0 fully saturated rings. The molecule has 0 aliphatic heterocycles. The van der Waals surface area contributed by atoms with E-state index in [-0.39, 0.29) is 11.1 Å². The summed E-state index contributed by atoms with van der Waals surface area (Å²) in [5.41, 5.74) is 1.61. The van der Waals surface area contributed by atoms with Gasteiger partial charge in [-0.3, -0.25) is 0 Å². The number of rotatable bonds is 2. The molecule has 0 saturated carbocycles. The number of benzene rings is 2. The molecule has 4 heteroatoms. The summed E-state index contributed by atoms with van der Waals surface area (Å²) >= 11 is 3.31. The van der Waals surface area contributed by atoms with Crippen molar-refractivity contribution in [1.29, 1.82) is 0 Å². The molecule has 0 bridgehead atoms. The number of hydrogen-bond acceptors (Lipinski definition) is 1. The van der Waals surface area contributed by atoms with Crippen molar-refractivity contribution in [3.05, 3.63) is 68.7 Å². The van der Waals surface area contributed by atoms with Crippen LogP contribution in [0.5, 0.6) is 0 Å². The van der Waals surface area contributed by atoms with Crippen LogP contribution in [0.4, 0.5) is 8.78 Å². The predicted octanol–water partition coefficient (Wildman–Crippen LogP) is 4.43. The highest BCUT2D eigenvalue weighted by atomic mass is 79.9. The first-order valence-corrected chi connectivity index (χ1v) is 6.59. The predicted molar refractivity (Wildman–Crippen MR) is 74.0 cm³/mol. The Balaban J connectivity index is 2.53. The highest BCUT2D eigenvalue weighted by Gasteiger charge is 2.20. The molecule has 0 heterocycles. The smallest absolute Gasteiger partial charge is 0.165 e. The van der Waals surface area contributed by atoms with Gasteiger partial charge in [-0.2, -0.15) is 0 Å². The van der Waals surface area contributed by atoms with Gasteiger partial charge in [-0.05, 0) is 31.0 Å². The second-order valence-electron chi connectivity index (χ2n) is 4.53. The van der Waals surface area contributed by atoms with E-state index < -0.39 is 17.7 Å². The Labute approximate surface area is 119 Å². The average molecular weight is 327 g/mol. The lowest BCUT2D eigenvalue weighted by Gasteiger charge is -2.15. The van der Waals surface area contributed by atoms with Crippen LogP contribution in [0.15, 0.2) is 34.8 Å². The Kier molecular flexibility index (Phi) is 4.02. The molecule has 0 saturated heterocycles. The lowest BCUT2D eigenvalue weighted by atomic mass is 9.98. The Hall–Kier alpha value is -1.26. The molecule has 1 nitrogen and oxygen atoms in total. The van der Waals surface area contributed by atoms with Gasteiger partial charge in [0.15, 0.2) is 11.6 Å². The topological polar surface area (TPSA) is 20.2 Å². The van der Waals surface area contributed by atoms with E-state index >= 15 is 0 Å². The molecular formula is C15H13BrF2O. The molecule has 0 amide bonds. The zero-order chi connectivity index (χ0) is 14.2. The third-order valence-electron chi connectivity index (χ3n) is 3.05. The van der Waals surface area contributed by atoms with Crippen molar-refractivity contribution in [2.24, 2.45) is 0 Å². The van der Waals surface area contributed by atoms with Gasteiger partial charge >= 0.3 is 0 Å². The first-order chi connectivity index (χ1) is 8.91. The summed E-state index contributed by atoms with van der Waals surface area (Å²) in [5.74, 6) is -1.92. The van der Waals surface area contributed by atoms with E-state index in [0.29, 0.717) is 10.0 Å². The highest BCUT2D eigenvalue weighted by Crippen LogP contribution is 2.31. The van der Waals surface area contributed by atoms with E-state index in [4.69, 9.17) is 0 Å². The average Bonchev–Trinajstić information content (AvgIpc) is 2.38. The van der Waals surface area contributed by atoms with E-state index in [9.17, 15) is 13.9 Å². The molecule has 100 valence electrons. The van der Waals surface area contributed by atoms with E-state index in [1.165, 1.54) is 19.1 Å². The molecular weight excluding hydrogens is 314 g/mol. The van der Waals surface area contributed by atoms with Crippen LogP contribution < -0.4 is 0 Å². The summed E-state index contributed by atoms with van der Waals surface area (Å²) in [7, 11) is 0. The van der Waals surface area contributed by atoms with Crippen LogP contribution in [0.1, 0.15) is 28.4 Å². The van der Waals surface area contributed by atoms with Crippen LogP contribution in [-0.4, -0.2) is 5.11 Å². The van der Waals surface area contributed by atoms with Crippen LogP contribution in [-0.2, 0) is 0 Å². The fourth-order valence-corrected chi connectivity index (χ4v) is 2.38. The second-order valence-corrected chi connectivity index (χ2v) is 5.38. The lowest BCUT2D eigenvalue weighted by molar-refractivity contribution is 0.212. The standard InChI is InChI=1S/C15H13BrF2O/c1-8-3-6-12(16)11(7-8)15(19)10-5-4-9(2)13(17)14(10)18/h3-7,15,19H,1-2H3. The van der Waals surface area contributed by atoms with Crippen LogP contribution in [0.3, 0.4) is 0 Å². The number of aliphatic hydroxyl groups is 1. The molecule has 1 N–H and O–H groups in total. The van der Waals surface area contributed by atoms with Crippen molar-refractivity contribution in [1.82, 2.24) is 0 Å². The summed E-state index contributed by atoms with van der Waals surface area (Å²) in [6.07, 6.45) is -1.20. The molecule has 19 heavy (non-hydrogen) atoms. The maximum Gasteiger partial charge on any atom is 0.165 e. The molecule has 2 aromatic carbocycles. The summed E-state index contributed by atoms with van der Waals surface area (Å²) in [4.78, 5) is 0. The van der Waals surface area contributed by atoms with Crippen molar-refractivity contribution in [3.8, 4) is 0 Å². The third kappa shape index (κ3) is 2.69. The molecule has 1 unspecified atom stereocenters. The van der Waals surface area contributed by atoms with Crippen molar-refractivity contribution >= 4 is 15.9 Å². The maximum absolute atomic E-state index is 13.9. The number of halogens is 3. The van der Waals surface area contributed by atoms with E-state index in [1.54, 1.807) is 12.1 Å². The molecule has 0 aromatic heterocycles. The minimum Gasteiger partial charge on any atom is -0.384 e. The van der Waals surface area contributed by atoms with Gasteiger partial charge in [-0.25, -0.2) is 8.78 Å². The minimum absolute atomic E-state index is 0.0607. The number of aryl methyl sites for hydroxylation is 2. The monoisotopic (exact) mass is 326 g/mol. The van der Waals surface area contributed by atoms with E-state index in [2.05, 4.69) is 15.9 Å². The fraction of sp³-hybridized carbons (Fsp3) is 0.200. The van der Waals surface area contributed by atoms with Gasteiger partial charge < -0.3 is 5.11 Å². The molecule has 0 radical (unpaired) electrons. The molecule has 0 aliphatic rings. The van der Waals surface area contributed by atoms with Gasteiger partial charge in [0, 0.05) is 10.0 Å². The number of aliphatic hydroxyl groups excluding tert-OH is 1. The van der Waals surface area contributed by atoms with Crippen LogP contribution in [0.25, 0.3) is 0 Å². The Morgan fingerprint density at radius 2 is 1.68 bits per heavy atom. The highest BCUT2D eigenvalue weighted by molar-refractivity contribution is 9.10. The zero-order valence-electron chi connectivity index (χ0n) is 10.5. The molecule has 0 aliphatic carbocycles. The van der Waals surface area contributed by atoms with E-state index in [0.717, 1.165) is 5.56 Å². The first kappa shape index (κ1) is 14.2. The molecule has 1 atom stereocenters. The SMILES string of the molecule is Cc1ccc(Br)c(C(O)c2ccc(C)c(F)c2F)c1. The first-order valence-electron chi connectivity index (χ1n) is 5.80. The largest absolute Gasteiger partial charge is 0.384 e. The normalized spacial score (nSPS) is 12.5. The Morgan fingerprint density at radius 3 is 2.37 bits per heavy atom. The van der Waals surface area contributed by atoms with Crippen LogP contribution in [0, 0.1) is 25.5 Å². The van der Waals surface area contributed by atoms with Gasteiger partial charge in [0.1, 0.15) is 6.10 Å². The van der Waals surface area contributed by atoms with Gasteiger partial charge in [-0.1, -0.05) is 45.8 Å². The van der Waals surface area contributed by atoms with E-state index in [1.807, 2.05) is 13.0 Å². The summed E-state index contributed by atoms with van der Waals surface area (Å²) in [5, 5.41) is 10.3. The summed E-state index contributed by atoms with van der Waals surface area (Å²) < 4.78 is 28.1. The summed E-state index contributed by atoms with van der Waals surface area (Å²) in [6.45, 7) is 3.35. The molecule has 2 rings (SSSR count). The quantitative estimate of drug-likeness (QED) is 0.865. The Bertz CT molecular complexity index is 626. The maximum atomic E-state index is 13.9. The van der Waals surface area contributed by atoms with Crippen LogP contribution >= 0.6 is 15.9 Å². The van der Waals surface area contributed by atoms with Crippen molar-refractivity contribution in [3.63, 3.8) is 0 Å². The van der Waals surface area contributed by atoms with Crippen molar-refractivity contribution < 1.29 is 13.9 Å². The molecule has 0 spiro atoms. The molecule has 2 aromatic rings. The van der Waals surface area contributed by atoms with Gasteiger partial charge in [-0.15, -0.1) is 0 Å². The second kappa shape index (κ2) is 5.39. The zero-order valence-corrected chi connectivity index (χ0v) is 12.1. The van der Waals surface area contributed by atoms with Crippen LogP contribution in [0.2, 0.25) is 0 Å². The third-order valence-corrected chi connectivity index (χ3v) is 3.77. The fourth-order valence-electron chi connectivity index (χ4n) is 1.91. The Morgan fingerprint density at radius 1 is 1.00 bits per heavy atom.